The van der Waals surface area contributed by atoms with Gasteiger partial charge in [0, 0.05) is 13.6 Å². The molecule has 2 atom stereocenters. The van der Waals surface area contributed by atoms with E-state index in [1.807, 2.05) is 6.92 Å². The summed E-state index contributed by atoms with van der Waals surface area (Å²) in [5, 5.41) is 20.6. The second-order valence-electron chi connectivity index (χ2n) is 8.21. The molecule has 0 aliphatic rings. The summed E-state index contributed by atoms with van der Waals surface area (Å²) in [4.78, 5) is 76.0. The van der Waals surface area contributed by atoms with E-state index in [0.717, 1.165) is 13.7 Å². The van der Waals surface area contributed by atoms with Crippen molar-refractivity contribution in [3.05, 3.63) is 75.6 Å². The average molecular weight is 497 g/mol. The number of nitrogens with zero attached hydrogens (tertiary/aromatic N) is 6. The number of hydrogen-bond donors (Lipinski definition) is 2. The molecular weight excluding hydrogens is 464 g/mol. The molecule has 2 heterocycles. The van der Waals surface area contributed by atoms with Crippen LogP contribution in [0.15, 0.2) is 41.4 Å². The largest absolute Gasteiger partial charge is 0.391 e. The molecule has 0 radical (unpaired) electrons. The Balaban J connectivity index is 2.56. The third kappa shape index (κ3) is 5.77. The minimum atomic E-state index is -1.58. The predicted molar refractivity (Wildman–Crippen MR) is 127 cm³/mol. The normalized spacial score (nSPS) is 13.1. The van der Waals surface area contributed by atoms with E-state index < -0.39 is 59.4 Å². The van der Waals surface area contributed by atoms with E-state index in [-0.39, 0.29) is 26.1 Å². The zero-order chi connectivity index (χ0) is 26.4. The Morgan fingerprint density at radius 1 is 0.714 bits per heavy atom. The fourth-order valence-corrected chi connectivity index (χ4v) is 3.52. The van der Waals surface area contributed by atoms with Gasteiger partial charge in [0.25, 0.3) is 0 Å². The maximum Gasteiger partial charge on any atom is 0.336 e. The van der Waals surface area contributed by atoms with Gasteiger partial charge >= 0.3 is 34.1 Å². The van der Waals surface area contributed by atoms with Crippen molar-refractivity contribution in [3.63, 3.8) is 0 Å². The summed E-state index contributed by atoms with van der Waals surface area (Å²) in [7, 11) is 1.20. The standard InChI is InChI=1S/C21H32N6O8/c1-5-8-10-24-16(30)22(4)17(31)25(20(24)34)12-15(29)13-27-19(33)23(9-6-2)18(32)26(21(27)35)11-14(28)7-3/h6,14-15,28-29H,2,5,7-13H2,1,3-4H3. The van der Waals surface area contributed by atoms with Crippen LogP contribution in [0.25, 0.3) is 0 Å². The quantitative estimate of drug-likeness (QED) is 0.293. The lowest BCUT2D eigenvalue weighted by atomic mass is 10.3. The second-order valence-corrected chi connectivity index (χ2v) is 8.21. The molecule has 35 heavy (non-hydrogen) atoms. The molecule has 0 aliphatic carbocycles. The molecule has 0 amide bonds. The second kappa shape index (κ2) is 11.8. The number of rotatable bonds is 12. The third-order valence-corrected chi connectivity index (χ3v) is 5.58. The molecule has 194 valence electrons. The van der Waals surface area contributed by atoms with Crippen LogP contribution >= 0.6 is 0 Å². The van der Waals surface area contributed by atoms with Crippen molar-refractivity contribution in [3.8, 4) is 0 Å². The number of aromatic nitrogens is 6. The van der Waals surface area contributed by atoms with Gasteiger partial charge in [-0.25, -0.2) is 56.2 Å². The van der Waals surface area contributed by atoms with E-state index in [9.17, 15) is 39.0 Å². The first-order valence-corrected chi connectivity index (χ1v) is 11.3. The Kier molecular flexibility index (Phi) is 9.31. The van der Waals surface area contributed by atoms with Crippen LogP contribution in [0, 0.1) is 0 Å². The number of aliphatic hydroxyl groups excluding tert-OH is 2. The molecule has 0 aromatic carbocycles. The molecule has 2 aromatic heterocycles. The average Bonchev–Trinajstić information content (AvgIpc) is 2.83. The Bertz CT molecular complexity index is 1420. The first-order chi connectivity index (χ1) is 16.5. The first-order valence-electron chi connectivity index (χ1n) is 11.3. The Labute approximate surface area is 198 Å². The summed E-state index contributed by atoms with van der Waals surface area (Å²) < 4.78 is 4.28. The van der Waals surface area contributed by atoms with Crippen LogP contribution in [-0.2, 0) is 39.8 Å². The topological polar surface area (TPSA) is 172 Å². The summed E-state index contributed by atoms with van der Waals surface area (Å²) in [5.74, 6) is 0. The monoisotopic (exact) mass is 496 g/mol. The van der Waals surface area contributed by atoms with Gasteiger partial charge in [-0.3, -0.25) is 0 Å². The van der Waals surface area contributed by atoms with Crippen LogP contribution < -0.4 is 34.1 Å². The maximum absolute atomic E-state index is 12.9. The number of hydrogen-bond acceptors (Lipinski definition) is 8. The smallest absolute Gasteiger partial charge is 0.336 e. The summed E-state index contributed by atoms with van der Waals surface area (Å²) in [5.41, 5.74) is -5.68. The molecular formula is C21H32N6O8. The van der Waals surface area contributed by atoms with E-state index in [4.69, 9.17) is 0 Å². The van der Waals surface area contributed by atoms with E-state index in [0.29, 0.717) is 26.5 Å². The van der Waals surface area contributed by atoms with Crippen molar-refractivity contribution < 1.29 is 10.2 Å². The summed E-state index contributed by atoms with van der Waals surface area (Å²) in [6, 6.07) is 0. The summed E-state index contributed by atoms with van der Waals surface area (Å²) >= 11 is 0. The molecule has 2 unspecified atom stereocenters. The highest BCUT2D eigenvalue weighted by atomic mass is 16.3. The SMILES string of the molecule is C=CCn1c(=O)n(CC(O)CC)c(=O)n(CC(O)Cn2c(=O)n(C)c(=O)n(CCCC)c2=O)c1=O. The van der Waals surface area contributed by atoms with Gasteiger partial charge in [-0.1, -0.05) is 26.3 Å². The van der Waals surface area contributed by atoms with Crippen molar-refractivity contribution in [1.82, 2.24) is 27.4 Å². The number of allylic oxidation sites excluding steroid dienone is 1. The van der Waals surface area contributed by atoms with Crippen LogP contribution in [-0.4, -0.2) is 49.8 Å². The fraction of sp³-hybridized carbons (Fsp3) is 0.619. The van der Waals surface area contributed by atoms with Gasteiger partial charge in [0.15, 0.2) is 0 Å². The Morgan fingerprint density at radius 2 is 1.14 bits per heavy atom. The lowest BCUT2D eigenvalue weighted by Gasteiger charge is -2.18. The third-order valence-electron chi connectivity index (χ3n) is 5.58. The lowest BCUT2D eigenvalue weighted by Crippen LogP contribution is -2.57. The van der Waals surface area contributed by atoms with Gasteiger partial charge in [-0.2, -0.15) is 0 Å². The van der Waals surface area contributed by atoms with Gasteiger partial charge in [0.2, 0.25) is 0 Å². The molecule has 0 fully saturated rings. The number of aliphatic hydroxyl groups is 2. The molecule has 14 nitrogen and oxygen atoms in total. The summed E-state index contributed by atoms with van der Waals surface area (Å²) in [6.45, 7) is 5.22. The first kappa shape index (κ1) is 27.7. The molecule has 0 spiro atoms. The highest BCUT2D eigenvalue weighted by molar-refractivity contribution is 4.85. The van der Waals surface area contributed by atoms with Crippen molar-refractivity contribution in [2.24, 2.45) is 7.05 Å². The molecule has 0 bridgehead atoms. The molecule has 0 saturated carbocycles. The van der Waals surface area contributed by atoms with Gasteiger partial charge in [0.05, 0.1) is 38.4 Å². The van der Waals surface area contributed by atoms with Crippen LogP contribution in [0.4, 0.5) is 0 Å². The van der Waals surface area contributed by atoms with Crippen LogP contribution in [0.1, 0.15) is 33.1 Å². The van der Waals surface area contributed by atoms with Gasteiger partial charge in [-0.05, 0) is 12.8 Å². The van der Waals surface area contributed by atoms with Crippen LogP contribution in [0.2, 0.25) is 0 Å². The maximum atomic E-state index is 12.9. The molecule has 0 saturated heterocycles. The lowest BCUT2D eigenvalue weighted by molar-refractivity contribution is 0.120. The summed E-state index contributed by atoms with van der Waals surface area (Å²) in [6.07, 6.45) is 0.118. The van der Waals surface area contributed by atoms with E-state index in [1.54, 1.807) is 6.92 Å². The molecule has 2 aromatic rings. The minimum Gasteiger partial charge on any atom is -0.391 e. The fourth-order valence-electron chi connectivity index (χ4n) is 3.52. The van der Waals surface area contributed by atoms with Crippen molar-refractivity contribution in [2.45, 2.75) is 78.0 Å². The number of unbranched alkanes of at least 4 members (excludes halogenated alkanes) is 1. The van der Waals surface area contributed by atoms with Gasteiger partial charge < -0.3 is 10.2 Å². The molecule has 0 aliphatic heterocycles. The Hall–Kier alpha value is -3.52. The Morgan fingerprint density at radius 3 is 1.63 bits per heavy atom. The van der Waals surface area contributed by atoms with Crippen molar-refractivity contribution in [1.29, 1.82) is 0 Å². The minimum absolute atomic E-state index is 0.0782. The molecule has 2 rings (SSSR count). The van der Waals surface area contributed by atoms with Crippen molar-refractivity contribution >= 4 is 0 Å². The van der Waals surface area contributed by atoms with E-state index in [1.165, 1.54) is 13.1 Å². The van der Waals surface area contributed by atoms with Gasteiger partial charge in [-0.15, -0.1) is 6.58 Å². The van der Waals surface area contributed by atoms with Gasteiger partial charge in [0.1, 0.15) is 0 Å². The zero-order valence-electron chi connectivity index (χ0n) is 20.1. The van der Waals surface area contributed by atoms with Crippen LogP contribution in [0.3, 0.4) is 0 Å². The highest BCUT2D eigenvalue weighted by Crippen LogP contribution is 1.94. The highest BCUT2D eigenvalue weighted by Gasteiger charge is 2.21. The molecule has 2 N–H and O–H groups in total. The molecule has 14 heteroatoms. The van der Waals surface area contributed by atoms with Crippen LogP contribution in [0.5, 0.6) is 0 Å². The van der Waals surface area contributed by atoms with E-state index >= 15 is 0 Å². The van der Waals surface area contributed by atoms with E-state index in [2.05, 4.69) is 6.58 Å². The predicted octanol–water partition coefficient (Wildman–Crippen LogP) is -2.99. The van der Waals surface area contributed by atoms with Crippen molar-refractivity contribution in [2.75, 3.05) is 0 Å². The zero-order valence-corrected chi connectivity index (χ0v) is 20.1.